The predicted molar refractivity (Wildman–Crippen MR) is 137 cm³/mol. The van der Waals surface area contributed by atoms with E-state index in [1.807, 2.05) is 4.90 Å². The van der Waals surface area contributed by atoms with Gasteiger partial charge in [0.1, 0.15) is 11.9 Å². The smallest absolute Gasteiger partial charge is 0.254 e. The predicted octanol–water partition coefficient (Wildman–Crippen LogP) is 2.69. The number of benzene rings is 2. The third-order valence-corrected chi connectivity index (χ3v) is 7.17. The van der Waals surface area contributed by atoms with Gasteiger partial charge < -0.3 is 19.9 Å². The second-order valence-electron chi connectivity index (χ2n) is 9.75. The van der Waals surface area contributed by atoms with Crippen LogP contribution >= 0.6 is 0 Å². The zero-order valence-corrected chi connectivity index (χ0v) is 21.3. The number of hydrogen-bond donors (Lipinski definition) is 1. The molecule has 2 saturated heterocycles. The molecule has 2 heterocycles. The second-order valence-corrected chi connectivity index (χ2v) is 9.75. The van der Waals surface area contributed by atoms with E-state index in [-0.39, 0.29) is 23.7 Å². The van der Waals surface area contributed by atoms with Crippen LogP contribution in [0.3, 0.4) is 0 Å². The number of methoxy groups -OCH3 is 1. The van der Waals surface area contributed by atoms with Crippen LogP contribution < -0.4 is 5.32 Å². The van der Waals surface area contributed by atoms with Gasteiger partial charge >= 0.3 is 0 Å². The molecule has 8 heteroatoms. The van der Waals surface area contributed by atoms with Gasteiger partial charge in [-0.2, -0.15) is 0 Å². The molecule has 2 fully saturated rings. The van der Waals surface area contributed by atoms with Gasteiger partial charge in [0.2, 0.25) is 5.91 Å². The van der Waals surface area contributed by atoms with Crippen molar-refractivity contribution < 1.29 is 18.7 Å². The number of aryl methyl sites for hydroxylation is 1. The van der Waals surface area contributed by atoms with Crippen molar-refractivity contribution in [3.63, 3.8) is 0 Å². The zero-order chi connectivity index (χ0) is 25.5. The van der Waals surface area contributed by atoms with Crippen LogP contribution in [0.4, 0.5) is 4.39 Å². The van der Waals surface area contributed by atoms with Crippen LogP contribution in [-0.2, 0) is 16.1 Å². The van der Waals surface area contributed by atoms with E-state index in [9.17, 15) is 14.0 Å². The Morgan fingerprint density at radius 1 is 1.08 bits per heavy atom. The molecule has 2 aromatic rings. The van der Waals surface area contributed by atoms with Crippen molar-refractivity contribution in [2.24, 2.45) is 0 Å². The van der Waals surface area contributed by atoms with Crippen LogP contribution in [-0.4, -0.2) is 91.6 Å². The Morgan fingerprint density at radius 3 is 2.56 bits per heavy atom. The molecule has 1 N–H and O–H groups in total. The quantitative estimate of drug-likeness (QED) is 0.609. The summed E-state index contributed by atoms with van der Waals surface area (Å²) in [6.45, 7) is 7.43. The molecular weight excluding hydrogens is 459 g/mol. The van der Waals surface area contributed by atoms with E-state index < -0.39 is 6.04 Å². The minimum atomic E-state index is -0.547. The summed E-state index contributed by atoms with van der Waals surface area (Å²) < 4.78 is 18.9. The molecule has 2 unspecified atom stereocenters. The van der Waals surface area contributed by atoms with Gasteiger partial charge in [0, 0.05) is 58.0 Å². The van der Waals surface area contributed by atoms with Gasteiger partial charge in [-0.05, 0) is 56.1 Å². The van der Waals surface area contributed by atoms with Crippen molar-refractivity contribution in [3.8, 4) is 0 Å². The third kappa shape index (κ3) is 6.49. The first-order valence-electron chi connectivity index (χ1n) is 12.8. The Hall–Kier alpha value is -2.81. The summed E-state index contributed by atoms with van der Waals surface area (Å²) in [4.78, 5) is 33.2. The van der Waals surface area contributed by atoms with Crippen LogP contribution in [0, 0.1) is 12.7 Å². The number of carbonyl (C=O) groups is 2. The van der Waals surface area contributed by atoms with Crippen LogP contribution in [0.5, 0.6) is 0 Å². The maximum absolute atomic E-state index is 13.7. The summed E-state index contributed by atoms with van der Waals surface area (Å²) in [6.07, 6.45) is 1.45. The summed E-state index contributed by atoms with van der Waals surface area (Å²) in [5.74, 6) is -0.621. The lowest BCUT2D eigenvalue weighted by atomic mass is 10.1. The van der Waals surface area contributed by atoms with Gasteiger partial charge in [-0.25, -0.2) is 4.39 Å². The van der Waals surface area contributed by atoms with Gasteiger partial charge in [0.25, 0.3) is 5.91 Å². The maximum Gasteiger partial charge on any atom is 0.254 e. The summed E-state index contributed by atoms with van der Waals surface area (Å²) >= 11 is 0. The summed E-state index contributed by atoms with van der Waals surface area (Å²) in [5.41, 5.74) is 2.78. The minimum Gasteiger partial charge on any atom is -0.383 e. The van der Waals surface area contributed by atoms with Crippen LogP contribution in [0.2, 0.25) is 0 Å². The monoisotopic (exact) mass is 496 g/mol. The SMILES string of the molecule is COCCN(Cc1ccc(C)cc1)C1CC(C(=O)N2CCCNCC2)N(C(=O)c2ccc(F)cc2)C1. The number of nitrogens with one attached hydrogen (secondary N) is 1. The molecule has 7 nitrogen and oxygen atoms in total. The molecule has 0 bridgehead atoms. The average molecular weight is 497 g/mol. The molecule has 4 rings (SSSR count). The number of ether oxygens (including phenoxy) is 1. The van der Waals surface area contributed by atoms with E-state index in [1.54, 1.807) is 12.0 Å². The van der Waals surface area contributed by atoms with Crippen molar-refractivity contribution in [1.29, 1.82) is 0 Å². The Labute approximate surface area is 213 Å². The highest BCUT2D eigenvalue weighted by Gasteiger charge is 2.43. The van der Waals surface area contributed by atoms with E-state index >= 15 is 0 Å². The fraction of sp³-hybridized carbons (Fsp3) is 0.500. The Morgan fingerprint density at radius 2 is 1.83 bits per heavy atom. The van der Waals surface area contributed by atoms with E-state index in [0.717, 1.165) is 19.5 Å². The summed E-state index contributed by atoms with van der Waals surface area (Å²) in [6, 6.07) is 13.5. The lowest BCUT2D eigenvalue weighted by Gasteiger charge is -2.29. The molecule has 0 spiro atoms. The van der Waals surface area contributed by atoms with Crippen molar-refractivity contribution in [2.75, 3.05) is 53.0 Å². The lowest BCUT2D eigenvalue weighted by molar-refractivity contribution is -0.135. The van der Waals surface area contributed by atoms with Gasteiger partial charge in [-0.15, -0.1) is 0 Å². The first-order valence-corrected chi connectivity index (χ1v) is 12.8. The van der Waals surface area contributed by atoms with Crippen LogP contribution in [0.15, 0.2) is 48.5 Å². The highest BCUT2D eigenvalue weighted by molar-refractivity contribution is 5.98. The number of amides is 2. The van der Waals surface area contributed by atoms with Crippen molar-refractivity contribution in [2.45, 2.75) is 38.4 Å². The van der Waals surface area contributed by atoms with Crippen molar-refractivity contribution >= 4 is 11.8 Å². The molecule has 2 aliphatic heterocycles. The number of hydrogen-bond acceptors (Lipinski definition) is 5. The van der Waals surface area contributed by atoms with Crippen LogP contribution in [0.1, 0.15) is 34.3 Å². The fourth-order valence-electron chi connectivity index (χ4n) is 5.10. The Bertz CT molecular complexity index is 1010. The molecule has 0 saturated carbocycles. The largest absolute Gasteiger partial charge is 0.383 e. The normalized spacial score (nSPS) is 20.6. The maximum atomic E-state index is 13.7. The fourth-order valence-corrected chi connectivity index (χ4v) is 5.10. The van der Waals surface area contributed by atoms with Crippen LogP contribution in [0.25, 0.3) is 0 Å². The zero-order valence-electron chi connectivity index (χ0n) is 21.3. The summed E-state index contributed by atoms with van der Waals surface area (Å²) in [5, 5.41) is 3.34. The topological polar surface area (TPSA) is 65.1 Å². The molecule has 2 amide bonds. The van der Waals surface area contributed by atoms with Gasteiger partial charge in [0.05, 0.1) is 6.61 Å². The molecule has 36 heavy (non-hydrogen) atoms. The van der Waals surface area contributed by atoms with Gasteiger partial charge in [-0.1, -0.05) is 29.8 Å². The standard InChI is InChI=1S/C28H37FN4O3/c1-21-4-6-22(7-5-21)19-32(16-17-36-2)25-18-26(28(35)31-14-3-12-30-13-15-31)33(20-25)27(34)23-8-10-24(29)11-9-23/h4-11,25-26,30H,3,12-20H2,1-2H3. The minimum absolute atomic E-state index is 0.00121. The second kappa shape index (κ2) is 12.4. The summed E-state index contributed by atoms with van der Waals surface area (Å²) in [7, 11) is 1.68. The van der Waals surface area contributed by atoms with E-state index in [4.69, 9.17) is 4.74 Å². The molecule has 2 aromatic carbocycles. The molecule has 0 aromatic heterocycles. The molecule has 0 radical (unpaired) electrons. The van der Waals surface area contributed by atoms with E-state index in [0.29, 0.717) is 51.3 Å². The number of carbonyl (C=O) groups excluding carboxylic acids is 2. The first kappa shape index (κ1) is 26.3. The molecule has 2 atom stereocenters. The molecule has 0 aliphatic carbocycles. The Balaban J connectivity index is 1.59. The highest BCUT2D eigenvalue weighted by atomic mass is 19.1. The Kier molecular flexibility index (Phi) is 9.07. The number of nitrogens with zero attached hydrogens (tertiary/aromatic N) is 3. The lowest BCUT2D eigenvalue weighted by Crippen LogP contribution is -2.48. The van der Waals surface area contributed by atoms with Crippen molar-refractivity contribution in [1.82, 2.24) is 20.0 Å². The first-order chi connectivity index (χ1) is 17.5. The third-order valence-electron chi connectivity index (χ3n) is 7.17. The van der Waals surface area contributed by atoms with Gasteiger partial charge in [-0.3, -0.25) is 14.5 Å². The van der Waals surface area contributed by atoms with Gasteiger partial charge in [0.15, 0.2) is 0 Å². The van der Waals surface area contributed by atoms with E-state index in [1.165, 1.54) is 35.4 Å². The van der Waals surface area contributed by atoms with Crippen molar-refractivity contribution in [3.05, 3.63) is 71.0 Å². The van der Waals surface area contributed by atoms with E-state index in [2.05, 4.69) is 41.4 Å². The average Bonchev–Trinajstić information content (AvgIpc) is 3.14. The molecule has 2 aliphatic rings. The molecular formula is C28H37FN4O3. The number of halogens is 1. The number of rotatable bonds is 8. The number of likely N-dealkylation sites (tertiary alicyclic amines) is 1. The molecule has 194 valence electrons. The highest BCUT2D eigenvalue weighted by Crippen LogP contribution is 2.27.